The van der Waals surface area contributed by atoms with Crippen LogP contribution < -0.4 is 10.9 Å². The third-order valence-electron chi connectivity index (χ3n) is 3.05. The fraction of sp³-hybridized carbons (Fsp3) is 0.385. The fourth-order valence-electron chi connectivity index (χ4n) is 1.85. The van der Waals surface area contributed by atoms with Gasteiger partial charge in [0.2, 0.25) is 11.8 Å². The topological polar surface area (TPSA) is 82.9 Å². The van der Waals surface area contributed by atoms with Gasteiger partial charge in [0.1, 0.15) is 0 Å². The molecule has 1 aromatic rings. The number of nitrogens with zero attached hydrogens (tertiary/aromatic N) is 2. The Bertz CT molecular complexity index is 563. The number of rotatable bonds is 5. The molecule has 2 rings (SSSR count). The highest BCUT2D eigenvalue weighted by atomic mass is 32.1. The number of hydrogen-bond donors (Lipinski definition) is 2. The Hall–Kier alpha value is -2.02. The molecule has 0 fully saturated rings. The van der Waals surface area contributed by atoms with Gasteiger partial charge in [-0.2, -0.15) is 10.2 Å². The molecule has 0 aliphatic carbocycles. The molecule has 0 aromatic carbocycles. The van der Waals surface area contributed by atoms with Crippen molar-refractivity contribution in [3.63, 3.8) is 0 Å². The molecule has 1 aliphatic heterocycles. The summed E-state index contributed by atoms with van der Waals surface area (Å²) in [6.45, 7) is 3.62. The molecule has 0 saturated heterocycles. The van der Waals surface area contributed by atoms with Crippen molar-refractivity contribution in [2.45, 2.75) is 26.7 Å². The van der Waals surface area contributed by atoms with Crippen LogP contribution >= 0.6 is 11.3 Å². The molecule has 7 heteroatoms. The summed E-state index contributed by atoms with van der Waals surface area (Å²) in [6.07, 6.45) is 0.687. The smallest absolute Gasteiger partial charge is 0.248 e. The van der Waals surface area contributed by atoms with Crippen LogP contribution in [0.2, 0.25) is 0 Å². The van der Waals surface area contributed by atoms with Gasteiger partial charge in [-0.3, -0.25) is 9.59 Å². The lowest BCUT2D eigenvalue weighted by atomic mass is 9.99. The largest absolute Gasteiger partial charge is 0.273 e. The second-order valence-corrected chi connectivity index (χ2v) is 5.48. The fourth-order valence-corrected chi connectivity index (χ4v) is 2.52. The van der Waals surface area contributed by atoms with Gasteiger partial charge in [0.25, 0.3) is 0 Å². The molecule has 2 heterocycles. The van der Waals surface area contributed by atoms with E-state index in [-0.39, 0.29) is 24.2 Å². The number of hydrazone groups is 2. The van der Waals surface area contributed by atoms with Crippen molar-refractivity contribution in [2.24, 2.45) is 16.1 Å². The average molecular weight is 292 g/mol. The molecule has 0 radical (unpaired) electrons. The second kappa shape index (κ2) is 6.42. The van der Waals surface area contributed by atoms with Gasteiger partial charge in [-0.05, 0) is 31.7 Å². The number of amides is 2. The minimum absolute atomic E-state index is 0.145. The average Bonchev–Trinajstić information content (AvgIpc) is 3.05. The zero-order chi connectivity index (χ0) is 14.5. The van der Waals surface area contributed by atoms with Crippen LogP contribution in [0.5, 0.6) is 0 Å². The summed E-state index contributed by atoms with van der Waals surface area (Å²) >= 11 is 1.57. The van der Waals surface area contributed by atoms with Gasteiger partial charge in [-0.1, -0.05) is 6.07 Å². The zero-order valence-corrected chi connectivity index (χ0v) is 12.2. The molecule has 20 heavy (non-hydrogen) atoms. The molecule has 1 atom stereocenters. The van der Waals surface area contributed by atoms with Gasteiger partial charge in [-0.25, -0.2) is 10.9 Å². The van der Waals surface area contributed by atoms with Gasteiger partial charge in [0, 0.05) is 17.0 Å². The first-order chi connectivity index (χ1) is 9.58. The first-order valence-corrected chi connectivity index (χ1v) is 7.17. The molecule has 0 bridgehead atoms. The number of carbonyl (C=O) groups excluding carboxylic acids is 2. The van der Waals surface area contributed by atoms with Gasteiger partial charge >= 0.3 is 0 Å². The van der Waals surface area contributed by atoms with Crippen LogP contribution in [0.3, 0.4) is 0 Å². The van der Waals surface area contributed by atoms with Crippen LogP contribution in [0.25, 0.3) is 0 Å². The van der Waals surface area contributed by atoms with Gasteiger partial charge in [0.05, 0.1) is 11.6 Å². The maximum Gasteiger partial charge on any atom is 0.248 e. The first-order valence-electron chi connectivity index (χ1n) is 6.29. The Kier molecular flexibility index (Phi) is 4.62. The lowest BCUT2D eigenvalue weighted by molar-refractivity contribution is -0.123. The minimum atomic E-state index is -0.303. The first kappa shape index (κ1) is 14.4. The summed E-state index contributed by atoms with van der Waals surface area (Å²) in [4.78, 5) is 24.2. The van der Waals surface area contributed by atoms with Crippen molar-refractivity contribution >= 4 is 34.6 Å². The van der Waals surface area contributed by atoms with Crippen LogP contribution in [0.4, 0.5) is 0 Å². The Morgan fingerprint density at radius 3 is 3.00 bits per heavy atom. The molecule has 2 N–H and O–H groups in total. The van der Waals surface area contributed by atoms with E-state index in [4.69, 9.17) is 0 Å². The Morgan fingerprint density at radius 2 is 2.40 bits per heavy atom. The molecular weight excluding hydrogens is 276 g/mol. The molecule has 0 spiro atoms. The molecular formula is C13H16N4O2S. The summed E-state index contributed by atoms with van der Waals surface area (Å²) in [5.41, 5.74) is 6.40. The predicted octanol–water partition coefficient (Wildman–Crippen LogP) is 1.49. The summed E-state index contributed by atoms with van der Waals surface area (Å²) in [5, 5.41) is 9.85. The molecule has 1 aliphatic rings. The standard InChI is InChI=1S/C13H16N4O2S/c1-8-10(13(19)17-14-8)5-6-12(18)16-15-9(2)11-4-3-7-20-11/h3-4,7,10H,5-6H2,1-2H3,(H,16,18)(H,17,19)/b15-9+/t10-/m1/s1. The molecule has 106 valence electrons. The maximum absolute atomic E-state index is 11.7. The second-order valence-electron chi connectivity index (χ2n) is 4.53. The maximum atomic E-state index is 11.7. The zero-order valence-electron chi connectivity index (χ0n) is 11.3. The summed E-state index contributed by atoms with van der Waals surface area (Å²) in [5.74, 6) is -0.648. The van der Waals surface area contributed by atoms with Crippen LogP contribution in [0.15, 0.2) is 27.7 Å². The summed E-state index contributed by atoms with van der Waals surface area (Å²) in [7, 11) is 0. The number of hydrogen-bond acceptors (Lipinski definition) is 5. The van der Waals surface area contributed by atoms with Crippen molar-refractivity contribution in [2.75, 3.05) is 0 Å². The summed E-state index contributed by atoms with van der Waals surface area (Å²) < 4.78 is 0. The number of nitrogens with one attached hydrogen (secondary N) is 2. The predicted molar refractivity (Wildman–Crippen MR) is 78.6 cm³/mol. The monoisotopic (exact) mass is 292 g/mol. The van der Waals surface area contributed by atoms with Crippen LogP contribution in [0.1, 0.15) is 31.6 Å². The SMILES string of the molecule is CC1=NNC(=O)[C@@H]1CCC(=O)N/N=C(\C)c1cccs1. The van der Waals surface area contributed by atoms with E-state index in [0.29, 0.717) is 6.42 Å². The summed E-state index contributed by atoms with van der Waals surface area (Å²) in [6, 6.07) is 3.88. The molecule has 0 saturated carbocycles. The lowest BCUT2D eigenvalue weighted by Gasteiger charge is -2.06. The Morgan fingerprint density at radius 1 is 1.60 bits per heavy atom. The van der Waals surface area contributed by atoms with E-state index in [1.807, 2.05) is 24.4 Å². The van der Waals surface area contributed by atoms with Crippen molar-refractivity contribution in [3.8, 4) is 0 Å². The van der Waals surface area contributed by atoms with Crippen LogP contribution in [-0.2, 0) is 9.59 Å². The van der Waals surface area contributed by atoms with E-state index in [2.05, 4.69) is 21.1 Å². The number of carbonyl (C=O) groups is 2. The van der Waals surface area contributed by atoms with Crippen molar-refractivity contribution in [1.29, 1.82) is 0 Å². The third kappa shape index (κ3) is 3.51. The highest BCUT2D eigenvalue weighted by Gasteiger charge is 2.26. The van der Waals surface area contributed by atoms with Gasteiger partial charge < -0.3 is 0 Å². The van der Waals surface area contributed by atoms with Crippen molar-refractivity contribution < 1.29 is 9.59 Å². The third-order valence-corrected chi connectivity index (χ3v) is 4.03. The van der Waals surface area contributed by atoms with E-state index < -0.39 is 0 Å². The molecule has 0 unspecified atom stereocenters. The Balaban J connectivity index is 1.80. The highest BCUT2D eigenvalue weighted by molar-refractivity contribution is 7.12. The number of thiophene rings is 1. The van der Waals surface area contributed by atoms with Crippen LogP contribution in [0, 0.1) is 5.92 Å². The van der Waals surface area contributed by atoms with Gasteiger partial charge in [0.15, 0.2) is 0 Å². The van der Waals surface area contributed by atoms with Gasteiger partial charge in [-0.15, -0.1) is 11.3 Å². The Labute approximate surface area is 121 Å². The highest BCUT2D eigenvalue weighted by Crippen LogP contribution is 2.13. The van der Waals surface area contributed by atoms with E-state index in [0.717, 1.165) is 16.3 Å². The van der Waals surface area contributed by atoms with E-state index in [1.165, 1.54) is 0 Å². The molecule has 6 nitrogen and oxygen atoms in total. The van der Waals surface area contributed by atoms with E-state index in [1.54, 1.807) is 18.3 Å². The molecule has 1 aromatic heterocycles. The lowest BCUT2D eigenvalue weighted by Crippen LogP contribution is -2.25. The van der Waals surface area contributed by atoms with Crippen molar-refractivity contribution in [3.05, 3.63) is 22.4 Å². The van der Waals surface area contributed by atoms with Crippen molar-refractivity contribution in [1.82, 2.24) is 10.9 Å². The minimum Gasteiger partial charge on any atom is -0.273 e. The quantitative estimate of drug-likeness (QED) is 0.636. The van der Waals surface area contributed by atoms with E-state index in [9.17, 15) is 9.59 Å². The van der Waals surface area contributed by atoms with E-state index >= 15 is 0 Å². The normalized spacial score (nSPS) is 18.7. The van der Waals surface area contributed by atoms with Crippen LogP contribution in [-0.4, -0.2) is 23.2 Å². The molecule has 2 amide bonds.